The monoisotopic (exact) mass is 525 g/mol. The second kappa shape index (κ2) is 11.9. The van der Waals surface area contributed by atoms with Crippen LogP contribution in [-0.4, -0.2) is 33.3 Å². The second-order valence-corrected chi connectivity index (χ2v) is 7.43. The van der Waals surface area contributed by atoms with Crippen LogP contribution in [-0.2, 0) is 13.0 Å². The van der Waals surface area contributed by atoms with Gasteiger partial charge >= 0.3 is 0 Å². The fourth-order valence-electron chi connectivity index (χ4n) is 3.02. The van der Waals surface area contributed by atoms with Crippen molar-refractivity contribution < 1.29 is 14.2 Å². The molecule has 3 rings (SSSR count). The maximum atomic E-state index is 6.05. The number of aryl methyl sites for hydroxylation is 1. The van der Waals surface area contributed by atoms with Gasteiger partial charge in [0.05, 0.1) is 27.4 Å². The molecule has 1 fully saturated rings. The molecule has 2 aromatic carbocycles. The van der Waals surface area contributed by atoms with Gasteiger partial charge in [-0.2, -0.15) is 0 Å². The lowest BCUT2D eigenvalue weighted by atomic mass is 10.1. The lowest BCUT2D eigenvalue weighted by Gasteiger charge is -2.12. The van der Waals surface area contributed by atoms with E-state index >= 15 is 0 Å². The molecule has 0 aromatic heterocycles. The van der Waals surface area contributed by atoms with Gasteiger partial charge in [0.1, 0.15) is 5.75 Å². The van der Waals surface area contributed by atoms with Crippen LogP contribution in [0.4, 0.5) is 0 Å². The Balaban J connectivity index is 0.00000320. The van der Waals surface area contributed by atoms with E-state index in [1.165, 1.54) is 18.4 Å². The molecule has 0 amide bonds. The summed E-state index contributed by atoms with van der Waals surface area (Å²) in [4.78, 5) is 4.48. The molecule has 1 aliphatic carbocycles. The van der Waals surface area contributed by atoms with Crippen molar-refractivity contribution >= 4 is 29.9 Å². The molecule has 0 aliphatic heterocycles. The average Bonchev–Trinajstić information content (AvgIpc) is 3.56. The molecule has 30 heavy (non-hydrogen) atoms. The summed E-state index contributed by atoms with van der Waals surface area (Å²) in [6.45, 7) is 4.04. The van der Waals surface area contributed by atoms with E-state index in [2.05, 4.69) is 35.4 Å². The van der Waals surface area contributed by atoms with E-state index in [0.717, 1.165) is 47.3 Å². The van der Waals surface area contributed by atoms with E-state index in [1.54, 1.807) is 14.2 Å². The summed E-state index contributed by atoms with van der Waals surface area (Å²) in [5.41, 5.74) is 9.43. The topological polar surface area (TPSA) is 78.1 Å². The van der Waals surface area contributed by atoms with Crippen molar-refractivity contribution in [1.82, 2.24) is 5.32 Å². The smallest absolute Gasteiger partial charge is 0.188 e. The number of nitrogens with one attached hydrogen (secondary N) is 1. The highest BCUT2D eigenvalue weighted by Crippen LogP contribution is 2.31. The molecule has 0 bridgehead atoms. The number of hydrogen-bond acceptors (Lipinski definition) is 4. The number of aliphatic imine (C=N–C) groups is 1. The maximum Gasteiger partial charge on any atom is 0.188 e. The second-order valence-electron chi connectivity index (χ2n) is 7.43. The predicted molar refractivity (Wildman–Crippen MR) is 131 cm³/mol. The standard InChI is InChI=1S/C23H31N3O3.HI/c1-16-4-8-19(21(12-16)29-15-18-5-6-18)14-26-23(24)25-11-10-17-7-9-20(27-2)22(13-17)28-3;/h4,7-9,12-13,18H,5-6,10-11,14-15H2,1-3H3,(H3,24,25,26);1H. The van der Waals surface area contributed by atoms with E-state index < -0.39 is 0 Å². The first-order chi connectivity index (χ1) is 14.1. The molecule has 2 aromatic rings. The molecule has 0 spiro atoms. The number of ether oxygens (including phenoxy) is 3. The molecule has 164 valence electrons. The first-order valence-corrected chi connectivity index (χ1v) is 10.1. The molecular weight excluding hydrogens is 493 g/mol. The molecule has 0 heterocycles. The lowest BCUT2D eigenvalue weighted by Crippen LogP contribution is -2.33. The van der Waals surface area contributed by atoms with Gasteiger partial charge in [0.2, 0.25) is 0 Å². The summed E-state index contributed by atoms with van der Waals surface area (Å²) < 4.78 is 16.6. The van der Waals surface area contributed by atoms with E-state index in [1.807, 2.05) is 18.2 Å². The number of guanidine groups is 1. The van der Waals surface area contributed by atoms with Crippen LogP contribution in [0.3, 0.4) is 0 Å². The van der Waals surface area contributed by atoms with Gasteiger partial charge in [-0.05, 0) is 61.4 Å². The van der Waals surface area contributed by atoms with E-state index in [0.29, 0.717) is 19.0 Å². The Kier molecular flexibility index (Phi) is 9.55. The molecule has 1 saturated carbocycles. The summed E-state index contributed by atoms with van der Waals surface area (Å²) in [5, 5.41) is 3.17. The number of methoxy groups -OCH3 is 2. The van der Waals surface area contributed by atoms with Crippen LogP contribution in [0.2, 0.25) is 0 Å². The molecule has 0 radical (unpaired) electrons. The Hall–Kier alpha value is -2.16. The summed E-state index contributed by atoms with van der Waals surface area (Å²) in [6.07, 6.45) is 3.35. The number of rotatable bonds is 10. The third-order valence-corrected chi connectivity index (χ3v) is 4.98. The van der Waals surface area contributed by atoms with Gasteiger partial charge in [-0.15, -0.1) is 24.0 Å². The van der Waals surface area contributed by atoms with E-state index in [9.17, 15) is 0 Å². The van der Waals surface area contributed by atoms with Gasteiger partial charge in [-0.1, -0.05) is 18.2 Å². The molecule has 3 N–H and O–H groups in total. The minimum Gasteiger partial charge on any atom is -0.493 e. The Morgan fingerprint density at radius 1 is 1.07 bits per heavy atom. The fraction of sp³-hybridized carbons (Fsp3) is 0.435. The SMILES string of the molecule is COc1ccc(CCNC(N)=NCc2ccc(C)cc2OCC2CC2)cc1OC.I. The van der Waals surface area contributed by atoms with Crippen molar-refractivity contribution in [2.45, 2.75) is 32.7 Å². The van der Waals surface area contributed by atoms with Crippen molar-refractivity contribution in [2.24, 2.45) is 16.6 Å². The van der Waals surface area contributed by atoms with Gasteiger partial charge in [-0.3, -0.25) is 0 Å². The van der Waals surface area contributed by atoms with Crippen molar-refractivity contribution in [2.75, 3.05) is 27.4 Å². The number of benzene rings is 2. The Labute approximate surface area is 196 Å². The van der Waals surface area contributed by atoms with Gasteiger partial charge < -0.3 is 25.3 Å². The van der Waals surface area contributed by atoms with Crippen LogP contribution in [0.1, 0.15) is 29.5 Å². The summed E-state index contributed by atoms with van der Waals surface area (Å²) >= 11 is 0. The van der Waals surface area contributed by atoms with Crippen LogP contribution >= 0.6 is 24.0 Å². The van der Waals surface area contributed by atoms with Crippen LogP contribution < -0.4 is 25.3 Å². The zero-order valence-corrected chi connectivity index (χ0v) is 20.3. The van der Waals surface area contributed by atoms with Gasteiger partial charge in [0, 0.05) is 12.1 Å². The van der Waals surface area contributed by atoms with Crippen LogP contribution in [0.5, 0.6) is 17.2 Å². The highest BCUT2D eigenvalue weighted by atomic mass is 127. The van der Waals surface area contributed by atoms with Crippen molar-refractivity contribution in [1.29, 1.82) is 0 Å². The molecule has 0 saturated heterocycles. The lowest BCUT2D eigenvalue weighted by molar-refractivity contribution is 0.296. The average molecular weight is 525 g/mol. The normalized spacial score (nSPS) is 13.4. The van der Waals surface area contributed by atoms with Crippen molar-refractivity contribution in [3.8, 4) is 17.2 Å². The first kappa shape index (κ1) is 24.1. The number of halogens is 1. The number of hydrogen-bond donors (Lipinski definition) is 2. The third kappa shape index (κ3) is 7.27. The Morgan fingerprint density at radius 3 is 2.53 bits per heavy atom. The van der Waals surface area contributed by atoms with Crippen LogP contribution in [0.25, 0.3) is 0 Å². The molecular formula is C23H32IN3O3. The fourth-order valence-corrected chi connectivity index (χ4v) is 3.02. The summed E-state index contributed by atoms with van der Waals surface area (Å²) in [7, 11) is 3.27. The van der Waals surface area contributed by atoms with Crippen molar-refractivity contribution in [3.05, 3.63) is 53.1 Å². The highest BCUT2D eigenvalue weighted by Gasteiger charge is 2.22. The minimum atomic E-state index is 0. The van der Waals surface area contributed by atoms with Gasteiger partial charge in [0.25, 0.3) is 0 Å². The Morgan fingerprint density at radius 2 is 1.83 bits per heavy atom. The highest BCUT2D eigenvalue weighted by molar-refractivity contribution is 14.0. The maximum absolute atomic E-state index is 6.05. The number of nitrogens with two attached hydrogens (primary N) is 1. The van der Waals surface area contributed by atoms with E-state index in [4.69, 9.17) is 19.9 Å². The molecule has 6 nitrogen and oxygen atoms in total. The first-order valence-electron chi connectivity index (χ1n) is 10.1. The zero-order valence-electron chi connectivity index (χ0n) is 17.9. The minimum absolute atomic E-state index is 0. The predicted octanol–water partition coefficient (Wildman–Crippen LogP) is 4.07. The molecule has 0 unspecified atom stereocenters. The molecule has 0 atom stereocenters. The molecule has 7 heteroatoms. The quantitative estimate of drug-likeness (QED) is 0.278. The molecule has 1 aliphatic rings. The summed E-state index contributed by atoms with van der Waals surface area (Å²) in [6, 6.07) is 12.1. The van der Waals surface area contributed by atoms with Crippen molar-refractivity contribution in [3.63, 3.8) is 0 Å². The zero-order chi connectivity index (χ0) is 20.6. The summed E-state index contributed by atoms with van der Waals surface area (Å²) in [5.74, 6) is 3.51. The largest absolute Gasteiger partial charge is 0.493 e. The Bertz CT molecular complexity index is 854. The number of nitrogens with zero attached hydrogens (tertiary/aromatic N) is 1. The third-order valence-electron chi connectivity index (χ3n) is 4.98. The van der Waals surface area contributed by atoms with Gasteiger partial charge in [0.15, 0.2) is 17.5 Å². The van der Waals surface area contributed by atoms with Crippen LogP contribution in [0.15, 0.2) is 41.4 Å². The van der Waals surface area contributed by atoms with E-state index in [-0.39, 0.29) is 24.0 Å². The van der Waals surface area contributed by atoms with Gasteiger partial charge in [-0.25, -0.2) is 4.99 Å². The van der Waals surface area contributed by atoms with Crippen LogP contribution in [0, 0.1) is 12.8 Å².